The highest BCUT2D eigenvalue weighted by Crippen LogP contribution is 2.20. The van der Waals surface area contributed by atoms with Crippen LogP contribution in [0.25, 0.3) is 6.08 Å². The molecule has 0 spiro atoms. The Balaban J connectivity index is 1.92. The second-order valence-electron chi connectivity index (χ2n) is 4.78. The molecule has 4 nitrogen and oxygen atoms in total. The number of amides is 1. The number of aliphatic hydroxyl groups excluding tert-OH is 1. The van der Waals surface area contributed by atoms with E-state index in [9.17, 15) is 9.90 Å². The van der Waals surface area contributed by atoms with Gasteiger partial charge in [0, 0.05) is 25.1 Å². The summed E-state index contributed by atoms with van der Waals surface area (Å²) in [5, 5.41) is 9.59. The van der Waals surface area contributed by atoms with E-state index in [-0.39, 0.29) is 17.9 Å². The first-order chi connectivity index (χ1) is 8.66. The van der Waals surface area contributed by atoms with Gasteiger partial charge < -0.3 is 14.4 Å². The van der Waals surface area contributed by atoms with E-state index in [1.807, 2.05) is 0 Å². The fourth-order valence-corrected chi connectivity index (χ4v) is 2.25. The number of carbonyl (C=O) groups excluding carboxylic acids is 1. The van der Waals surface area contributed by atoms with Crippen molar-refractivity contribution in [3.05, 3.63) is 30.2 Å². The van der Waals surface area contributed by atoms with Gasteiger partial charge in [0.15, 0.2) is 0 Å². The zero-order valence-electron chi connectivity index (χ0n) is 10.6. The summed E-state index contributed by atoms with van der Waals surface area (Å²) in [5.41, 5.74) is 0. The number of likely N-dealkylation sites (tertiary alicyclic amines) is 1. The molecule has 1 aromatic heterocycles. The number of hydrogen-bond acceptors (Lipinski definition) is 3. The lowest BCUT2D eigenvalue weighted by molar-refractivity contribution is -0.128. The average Bonchev–Trinajstić information content (AvgIpc) is 2.89. The van der Waals surface area contributed by atoms with E-state index in [1.54, 1.807) is 36.3 Å². The molecule has 1 fully saturated rings. The summed E-state index contributed by atoms with van der Waals surface area (Å²) in [6.07, 6.45) is 6.38. The molecule has 1 amide bonds. The van der Waals surface area contributed by atoms with Gasteiger partial charge in [0.2, 0.25) is 5.91 Å². The van der Waals surface area contributed by atoms with Crippen LogP contribution in [0, 0.1) is 5.92 Å². The highest BCUT2D eigenvalue weighted by Gasteiger charge is 2.25. The molecule has 0 aliphatic carbocycles. The number of aliphatic hydroxyl groups is 1. The third-order valence-electron chi connectivity index (χ3n) is 3.39. The normalized spacial score (nSPS) is 22.3. The number of nitrogens with zero attached hydrogens (tertiary/aromatic N) is 1. The predicted molar refractivity (Wildman–Crippen MR) is 68.7 cm³/mol. The van der Waals surface area contributed by atoms with Crippen molar-refractivity contribution in [3.8, 4) is 0 Å². The Morgan fingerprint density at radius 1 is 1.67 bits per heavy atom. The van der Waals surface area contributed by atoms with Gasteiger partial charge >= 0.3 is 0 Å². The summed E-state index contributed by atoms with van der Waals surface area (Å²) in [7, 11) is 0. The van der Waals surface area contributed by atoms with Crippen LogP contribution in [-0.2, 0) is 4.79 Å². The lowest BCUT2D eigenvalue weighted by Gasteiger charge is -2.33. The Hall–Kier alpha value is -1.55. The molecule has 1 aliphatic heterocycles. The van der Waals surface area contributed by atoms with Gasteiger partial charge in [-0.2, -0.15) is 0 Å². The maximum atomic E-state index is 12.0. The standard InChI is InChI=1S/C14H19NO3/c1-11(16)12-4-2-8-15(10-12)14(17)7-6-13-5-3-9-18-13/h3,5-7,9,11-12,16H,2,4,8,10H2,1H3/b7-6+. The summed E-state index contributed by atoms with van der Waals surface area (Å²) >= 11 is 0. The van der Waals surface area contributed by atoms with Crippen LogP contribution in [0.3, 0.4) is 0 Å². The van der Waals surface area contributed by atoms with Crippen LogP contribution in [0.4, 0.5) is 0 Å². The van der Waals surface area contributed by atoms with Crippen molar-refractivity contribution in [1.82, 2.24) is 4.90 Å². The van der Waals surface area contributed by atoms with Crippen molar-refractivity contribution in [1.29, 1.82) is 0 Å². The Morgan fingerprint density at radius 2 is 2.50 bits per heavy atom. The zero-order chi connectivity index (χ0) is 13.0. The van der Waals surface area contributed by atoms with Crippen molar-refractivity contribution in [2.24, 2.45) is 5.92 Å². The van der Waals surface area contributed by atoms with Crippen LogP contribution in [0.5, 0.6) is 0 Å². The van der Waals surface area contributed by atoms with Gasteiger partial charge in [-0.15, -0.1) is 0 Å². The van der Waals surface area contributed by atoms with E-state index in [4.69, 9.17) is 4.42 Å². The minimum atomic E-state index is -0.352. The zero-order valence-corrected chi connectivity index (χ0v) is 10.6. The molecule has 18 heavy (non-hydrogen) atoms. The van der Waals surface area contributed by atoms with Crippen LogP contribution in [0.2, 0.25) is 0 Å². The fourth-order valence-electron chi connectivity index (χ4n) is 2.25. The molecular formula is C14H19NO3. The Bertz CT molecular complexity index is 409. The van der Waals surface area contributed by atoms with Crippen molar-refractivity contribution in [3.63, 3.8) is 0 Å². The van der Waals surface area contributed by atoms with E-state index in [2.05, 4.69) is 0 Å². The molecule has 98 valence electrons. The van der Waals surface area contributed by atoms with E-state index in [1.165, 1.54) is 6.08 Å². The Morgan fingerprint density at radius 3 is 3.17 bits per heavy atom. The summed E-state index contributed by atoms with van der Waals surface area (Å²) in [6, 6.07) is 3.59. The smallest absolute Gasteiger partial charge is 0.246 e. The molecule has 2 unspecified atom stereocenters. The van der Waals surface area contributed by atoms with Crippen LogP contribution >= 0.6 is 0 Å². The van der Waals surface area contributed by atoms with Crippen molar-refractivity contribution >= 4 is 12.0 Å². The molecular weight excluding hydrogens is 230 g/mol. The van der Waals surface area contributed by atoms with Crippen LogP contribution in [0.15, 0.2) is 28.9 Å². The molecule has 2 rings (SSSR count). The van der Waals surface area contributed by atoms with Gasteiger partial charge in [0.05, 0.1) is 12.4 Å². The highest BCUT2D eigenvalue weighted by atomic mass is 16.3. The van der Waals surface area contributed by atoms with Gasteiger partial charge in [0.25, 0.3) is 0 Å². The van der Waals surface area contributed by atoms with E-state index >= 15 is 0 Å². The summed E-state index contributed by atoms with van der Waals surface area (Å²) in [4.78, 5) is 13.8. The number of piperidine rings is 1. The van der Waals surface area contributed by atoms with E-state index < -0.39 is 0 Å². The van der Waals surface area contributed by atoms with E-state index in [0.29, 0.717) is 12.3 Å². The largest absolute Gasteiger partial charge is 0.465 e. The Kier molecular flexibility index (Phi) is 4.20. The Labute approximate surface area is 107 Å². The average molecular weight is 249 g/mol. The number of carbonyl (C=O) groups is 1. The molecule has 0 radical (unpaired) electrons. The summed E-state index contributed by atoms with van der Waals surface area (Å²) < 4.78 is 5.13. The predicted octanol–water partition coefficient (Wildman–Crippen LogP) is 1.91. The molecule has 0 bridgehead atoms. The molecule has 1 aliphatic rings. The fraction of sp³-hybridized carbons (Fsp3) is 0.500. The topological polar surface area (TPSA) is 53.7 Å². The number of rotatable bonds is 3. The second kappa shape index (κ2) is 5.87. The minimum Gasteiger partial charge on any atom is -0.465 e. The molecule has 1 aromatic rings. The first-order valence-electron chi connectivity index (χ1n) is 6.35. The maximum Gasteiger partial charge on any atom is 0.246 e. The van der Waals surface area contributed by atoms with Crippen molar-refractivity contribution < 1.29 is 14.3 Å². The SMILES string of the molecule is CC(O)C1CCCN(C(=O)/C=C/c2ccco2)C1. The molecule has 4 heteroatoms. The first-order valence-corrected chi connectivity index (χ1v) is 6.35. The lowest BCUT2D eigenvalue weighted by atomic mass is 9.93. The lowest BCUT2D eigenvalue weighted by Crippen LogP contribution is -2.42. The number of hydrogen-bond donors (Lipinski definition) is 1. The molecule has 1 N–H and O–H groups in total. The third-order valence-corrected chi connectivity index (χ3v) is 3.39. The summed E-state index contributed by atoms with van der Waals surface area (Å²) in [5.74, 6) is 0.851. The summed E-state index contributed by atoms with van der Waals surface area (Å²) in [6.45, 7) is 3.20. The van der Waals surface area contributed by atoms with Crippen LogP contribution < -0.4 is 0 Å². The van der Waals surface area contributed by atoms with Crippen LogP contribution in [-0.4, -0.2) is 35.1 Å². The van der Waals surface area contributed by atoms with E-state index in [0.717, 1.165) is 19.4 Å². The number of furan rings is 1. The highest BCUT2D eigenvalue weighted by molar-refractivity contribution is 5.91. The first kappa shape index (κ1) is 12.9. The maximum absolute atomic E-state index is 12.0. The monoisotopic (exact) mass is 249 g/mol. The third kappa shape index (κ3) is 3.23. The quantitative estimate of drug-likeness (QED) is 0.833. The van der Waals surface area contributed by atoms with Crippen molar-refractivity contribution in [2.75, 3.05) is 13.1 Å². The van der Waals surface area contributed by atoms with Gasteiger partial charge in [-0.25, -0.2) is 0 Å². The molecule has 0 aromatic carbocycles. The van der Waals surface area contributed by atoms with Gasteiger partial charge in [-0.1, -0.05) is 0 Å². The van der Waals surface area contributed by atoms with Gasteiger partial charge in [0.1, 0.15) is 5.76 Å². The van der Waals surface area contributed by atoms with Gasteiger partial charge in [-0.3, -0.25) is 4.79 Å². The van der Waals surface area contributed by atoms with Gasteiger partial charge in [-0.05, 0) is 38.0 Å². The molecule has 2 heterocycles. The molecule has 2 atom stereocenters. The molecule has 0 saturated carbocycles. The minimum absolute atomic E-state index is 0.0169. The second-order valence-corrected chi connectivity index (χ2v) is 4.78. The molecule has 1 saturated heterocycles. The van der Waals surface area contributed by atoms with Crippen LogP contribution in [0.1, 0.15) is 25.5 Å². The van der Waals surface area contributed by atoms with Crippen molar-refractivity contribution in [2.45, 2.75) is 25.9 Å².